The van der Waals surface area contributed by atoms with Crippen LogP contribution in [0.3, 0.4) is 0 Å². The normalized spacial score (nSPS) is 9.85. The standard InChI is InChI=1S/C11H9N2/c12-11-7-6-10(8-13-11)9-4-2-1-3-5-9/h1-4,6-8H,(H2,12,13). The first kappa shape index (κ1) is 7.80. The van der Waals surface area contributed by atoms with Gasteiger partial charge < -0.3 is 5.73 Å². The predicted molar refractivity (Wildman–Crippen MR) is 52.9 cm³/mol. The molecule has 0 aliphatic carbocycles. The average Bonchev–Trinajstić information content (AvgIpc) is 2.20. The van der Waals surface area contributed by atoms with Crippen LogP contribution in [0.1, 0.15) is 0 Å². The molecular formula is C11H9N2. The summed E-state index contributed by atoms with van der Waals surface area (Å²) in [5, 5.41) is 0. The summed E-state index contributed by atoms with van der Waals surface area (Å²) in [6.45, 7) is 0. The highest BCUT2D eigenvalue weighted by Gasteiger charge is 1.95. The number of nitrogen functional groups attached to an aromatic ring is 1. The average molecular weight is 169 g/mol. The first-order valence-electron chi connectivity index (χ1n) is 4.05. The summed E-state index contributed by atoms with van der Waals surface area (Å²) in [6, 6.07) is 14.6. The van der Waals surface area contributed by atoms with E-state index in [1.165, 1.54) is 0 Å². The number of rotatable bonds is 1. The molecule has 2 nitrogen and oxygen atoms in total. The van der Waals surface area contributed by atoms with E-state index in [2.05, 4.69) is 11.1 Å². The van der Waals surface area contributed by atoms with Gasteiger partial charge in [0.25, 0.3) is 0 Å². The molecule has 2 N–H and O–H groups in total. The number of anilines is 1. The molecule has 1 aromatic carbocycles. The van der Waals surface area contributed by atoms with Gasteiger partial charge in [-0.2, -0.15) is 0 Å². The van der Waals surface area contributed by atoms with Crippen LogP contribution in [0, 0.1) is 6.07 Å². The summed E-state index contributed by atoms with van der Waals surface area (Å²) in [4.78, 5) is 4.01. The Kier molecular flexibility index (Phi) is 1.96. The molecule has 1 heterocycles. The van der Waals surface area contributed by atoms with Crippen molar-refractivity contribution in [2.24, 2.45) is 0 Å². The summed E-state index contributed by atoms with van der Waals surface area (Å²) < 4.78 is 0. The lowest BCUT2D eigenvalue weighted by Gasteiger charge is -1.99. The maximum Gasteiger partial charge on any atom is 0.123 e. The fourth-order valence-electron chi connectivity index (χ4n) is 1.14. The molecule has 2 rings (SSSR count). The molecule has 2 heteroatoms. The van der Waals surface area contributed by atoms with Gasteiger partial charge in [0, 0.05) is 11.8 Å². The van der Waals surface area contributed by atoms with Gasteiger partial charge in [0.05, 0.1) is 0 Å². The lowest BCUT2D eigenvalue weighted by atomic mass is 10.1. The Morgan fingerprint density at radius 3 is 2.69 bits per heavy atom. The molecule has 0 spiro atoms. The number of nitrogens with two attached hydrogens (primary N) is 1. The summed E-state index contributed by atoms with van der Waals surface area (Å²) in [7, 11) is 0. The van der Waals surface area contributed by atoms with Crippen LogP contribution in [0.15, 0.2) is 42.6 Å². The predicted octanol–water partition coefficient (Wildman–Crippen LogP) is 2.13. The Hall–Kier alpha value is -1.83. The molecule has 0 unspecified atom stereocenters. The lowest BCUT2D eigenvalue weighted by molar-refractivity contribution is 1.34. The number of nitrogens with zero attached hydrogens (tertiary/aromatic N) is 1. The summed E-state index contributed by atoms with van der Waals surface area (Å²) in [5.74, 6) is 0.541. The van der Waals surface area contributed by atoms with Crippen LogP contribution in [0.5, 0.6) is 0 Å². The van der Waals surface area contributed by atoms with Gasteiger partial charge in [0.15, 0.2) is 0 Å². The highest BCUT2D eigenvalue weighted by Crippen LogP contribution is 2.17. The zero-order chi connectivity index (χ0) is 9.10. The van der Waals surface area contributed by atoms with Crippen molar-refractivity contribution in [2.75, 3.05) is 5.73 Å². The summed E-state index contributed by atoms with van der Waals surface area (Å²) >= 11 is 0. The fraction of sp³-hybridized carbons (Fsp3) is 0. The van der Waals surface area contributed by atoms with E-state index in [1.54, 1.807) is 12.3 Å². The molecule has 0 atom stereocenters. The Balaban J connectivity index is 2.42. The van der Waals surface area contributed by atoms with E-state index in [4.69, 9.17) is 5.73 Å². The molecule has 0 fully saturated rings. The van der Waals surface area contributed by atoms with Crippen molar-refractivity contribution in [2.45, 2.75) is 0 Å². The van der Waals surface area contributed by atoms with Crippen LogP contribution in [0.25, 0.3) is 11.1 Å². The Bertz CT molecular complexity index is 379. The fourth-order valence-corrected chi connectivity index (χ4v) is 1.14. The van der Waals surface area contributed by atoms with Gasteiger partial charge in [-0.1, -0.05) is 24.3 Å². The van der Waals surface area contributed by atoms with E-state index in [0.717, 1.165) is 11.1 Å². The molecule has 0 amide bonds. The minimum Gasteiger partial charge on any atom is -0.384 e. The molecule has 0 saturated carbocycles. The number of hydrogen-bond donors (Lipinski definition) is 1. The van der Waals surface area contributed by atoms with Crippen LogP contribution in [0.2, 0.25) is 0 Å². The zero-order valence-corrected chi connectivity index (χ0v) is 7.07. The van der Waals surface area contributed by atoms with Gasteiger partial charge in [0.2, 0.25) is 0 Å². The van der Waals surface area contributed by atoms with E-state index in [-0.39, 0.29) is 0 Å². The van der Waals surface area contributed by atoms with E-state index in [9.17, 15) is 0 Å². The first-order chi connectivity index (χ1) is 6.36. The summed E-state index contributed by atoms with van der Waals surface area (Å²) in [6.07, 6.45) is 1.75. The van der Waals surface area contributed by atoms with E-state index in [1.807, 2.05) is 30.3 Å². The van der Waals surface area contributed by atoms with Crippen molar-refractivity contribution in [3.63, 3.8) is 0 Å². The molecule has 0 bridgehead atoms. The second-order valence-corrected chi connectivity index (χ2v) is 2.75. The van der Waals surface area contributed by atoms with Crippen LogP contribution >= 0.6 is 0 Å². The maximum absolute atomic E-state index is 5.48. The van der Waals surface area contributed by atoms with E-state index in [0.29, 0.717) is 5.82 Å². The Labute approximate surface area is 77.0 Å². The molecular weight excluding hydrogens is 160 g/mol. The Morgan fingerprint density at radius 2 is 2.08 bits per heavy atom. The first-order valence-corrected chi connectivity index (χ1v) is 4.05. The molecule has 0 saturated heterocycles. The quantitative estimate of drug-likeness (QED) is 0.710. The van der Waals surface area contributed by atoms with Crippen molar-refractivity contribution in [3.8, 4) is 11.1 Å². The van der Waals surface area contributed by atoms with Gasteiger partial charge >= 0.3 is 0 Å². The van der Waals surface area contributed by atoms with Crippen molar-refractivity contribution in [1.82, 2.24) is 4.98 Å². The topological polar surface area (TPSA) is 38.9 Å². The third-order valence-corrected chi connectivity index (χ3v) is 1.81. The number of hydrogen-bond acceptors (Lipinski definition) is 2. The van der Waals surface area contributed by atoms with Crippen molar-refractivity contribution >= 4 is 5.82 Å². The van der Waals surface area contributed by atoms with E-state index < -0.39 is 0 Å². The third-order valence-electron chi connectivity index (χ3n) is 1.81. The second-order valence-electron chi connectivity index (χ2n) is 2.75. The van der Waals surface area contributed by atoms with Crippen LogP contribution < -0.4 is 5.73 Å². The number of benzene rings is 1. The number of aromatic nitrogens is 1. The number of pyridine rings is 1. The van der Waals surface area contributed by atoms with Crippen molar-refractivity contribution < 1.29 is 0 Å². The van der Waals surface area contributed by atoms with E-state index >= 15 is 0 Å². The molecule has 2 aromatic rings. The smallest absolute Gasteiger partial charge is 0.123 e. The molecule has 63 valence electrons. The molecule has 0 aliphatic rings. The minimum atomic E-state index is 0.541. The Morgan fingerprint density at radius 1 is 1.15 bits per heavy atom. The van der Waals surface area contributed by atoms with Crippen molar-refractivity contribution in [3.05, 3.63) is 48.7 Å². The van der Waals surface area contributed by atoms with Gasteiger partial charge in [0.1, 0.15) is 5.82 Å². The zero-order valence-electron chi connectivity index (χ0n) is 7.07. The third kappa shape index (κ3) is 1.67. The monoisotopic (exact) mass is 169 g/mol. The second kappa shape index (κ2) is 3.27. The SMILES string of the molecule is Nc1ccc(-c2[c]cccc2)cn1. The highest BCUT2D eigenvalue weighted by molar-refractivity contribution is 5.62. The summed E-state index contributed by atoms with van der Waals surface area (Å²) in [5.41, 5.74) is 7.56. The maximum atomic E-state index is 5.48. The van der Waals surface area contributed by atoms with Crippen LogP contribution in [0.4, 0.5) is 5.82 Å². The van der Waals surface area contributed by atoms with Gasteiger partial charge in [-0.15, -0.1) is 0 Å². The largest absolute Gasteiger partial charge is 0.384 e. The highest BCUT2D eigenvalue weighted by atomic mass is 14.8. The van der Waals surface area contributed by atoms with Crippen LogP contribution in [-0.4, -0.2) is 4.98 Å². The van der Waals surface area contributed by atoms with Crippen LogP contribution in [-0.2, 0) is 0 Å². The van der Waals surface area contributed by atoms with Gasteiger partial charge in [-0.05, 0) is 23.8 Å². The molecule has 1 radical (unpaired) electrons. The molecule has 13 heavy (non-hydrogen) atoms. The van der Waals surface area contributed by atoms with Gasteiger partial charge in [-0.3, -0.25) is 0 Å². The minimum absolute atomic E-state index is 0.541. The molecule has 1 aromatic heterocycles. The van der Waals surface area contributed by atoms with Crippen molar-refractivity contribution in [1.29, 1.82) is 0 Å². The lowest BCUT2D eigenvalue weighted by Crippen LogP contribution is -1.88. The van der Waals surface area contributed by atoms with Gasteiger partial charge in [-0.25, -0.2) is 4.98 Å². The molecule has 0 aliphatic heterocycles.